The van der Waals surface area contributed by atoms with E-state index in [1.807, 2.05) is 4.98 Å². The van der Waals surface area contributed by atoms with Crippen LogP contribution in [-0.2, 0) is 39.4 Å². The first-order valence-corrected chi connectivity index (χ1v) is 15.1. The Morgan fingerprint density at radius 3 is 2.60 bits per heavy atom. The van der Waals surface area contributed by atoms with Crippen molar-refractivity contribution in [1.82, 2.24) is 29.1 Å². The van der Waals surface area contributed by atoms with E-state index < -0.39 is 82.8 Å². The third-order valence-corrected chi connectivity index (χ3v) is 8.68. The van der Waals surface area contributed by atoms with E-state index in [1.54, 1.807) is 0 Å². The zero-order valence-electron chi connectivity index (χ0n) is 20.0. The molecule has 0 spiro atoms. The number of H-pyrrole nitrogens is 1. The molecule has 4 N–H and O–H groups in total. The van der Waals surface area contributed by atoms with E-state index in [0.717, 1.165) is 16.8 Å². The van der Waals surface area contributed by atoms with Crippen LogP contribution in [0.4, 0.5) is 14.6 Å². The van der Waals surface area contributed by atoms with Crippen molar-refractivity contribution in [3.63, 3.8) is 0 Å². The molecular weight excluding hydrogens is 602 g/mol. The molecule has 10 atom stereocenters. The Bertz CT molecular complexity index is 1580. The predicted octanol–water partition coefficient (Wildman–Crippen LogP) is -0.0278. The summed E-state index contributed by atoms with van der Waals surface area (Å²) in [5.74, 6) is 0.0998. The van der Waals surface area contributed by atoms with Crippen LogP contribution in [0.3, 0.4) is 0 Å². The Labute approximate surface area is 228 Å². The second-order valence-electron chi connectivity index (χ2n) is 8.93. The van der Waals surface area contributed by atoms with Crippen LogP contribution in [0.5, 0.6) is 0 Å². The topological polar surface area (TPSA) is 200 Å². The number of rotatable bonds is 2. The third-order valence-electron chi connectivity index (χ3n) is 6.47. The zero-order chi connectivity index (χ0) is 28.2. The van der Waals surface area contributed by atoms with Crippen LogP contribution >= 0.6 is 15.8 Å². The van der Waals surface area contributed by atoms with Crippen LogP contribution in [0.1, 0.15) is 12.5 Å². The summed E-state index contributed by atoms with van der Waals surface area (Å²) >= 11 is 5.08. The molecule has 40 heavy (non-hydrogen) atoms. The second kappa shape index (κ2) is 10.8. The van der Waals surface area contributed by atoms with Gasteiger partial charge in [0.2, 0.25) is 0 Å². The van der Waals surface area contributed by atoms with Crippen molar-refractivity contribution in [2.24, 2.45) is 0 Å². The van der Waals surface area contributed by atoms with Gasteiger partial charge in [-0.1, -0.05) is 0 Å². The van der Waals surface area contributed by atoms with Crippen LogP contribution in [0.2, 0.25) is 0 Å². The number of fused-ring (bicyclic) bond motifs is 3. The summed E-state index contributed by atoms with van der Waals surface area (Å²) in [4.78, 5) is 48.4. The Hall–Kier alpha value is -2.31. The number of hydrogen-bond acceptors (Lipinski definition) is 13. The number of anilines is 1. The smallest absolute Gasteiger partial charge is 0.330 e. The van der Waals surface area contributed by atoms with Crippen LogP contribution in [-0.4, -0.2) is 83.9 Å². The highest BCUT2D eigenvalue weighted by atomic mass is 32.5. The van der Waals surface area contributed by atoms with Crippen molar-refractivity contribution in [1.29, 1.82) is 0 Å². The normalized spacial score (nSPS) is 37.6. The molecule has 0 saturated carbocycles. The first-order valence-electron chi connectivity index (χ1n) is 11.6. The molecule has 0 aliphatic carbocycles. The second-order valence-corrected chi connectivity index (χ2v) is 12.4. The van der Waals surface area contributed by atoms with Crippen molar-refractivity contribution in [3.8, 4) is 0 Å². The van der Waals surface area contributed by atoms with Crippen LogP contribution < -0.4 is 17.0 Å². The molecule has 6 rings (SSSR count). The number of halogens is 2. The fourth-order valence-corrected chi connectivity index (χ4v) is 6.74. The summed E-state index contributed by atoms with van der Waals surface area (Å²) in [6.07, 6.45) is -8.09. The molecule has 3 aliphatic heterocycles. The highest BCUT2D eigenvalue weighted by molar-refractivity contribution is 8.07. The van der Waals surface area contributed by atoms with Gasteiger partial charge in [0.25, 0.3) is 5.56 Å². The lowest BCUT2D eigenvalue weighted by molar-refractivity contribution is -0.0549. The number of nitrogens with zero attached hydrogens (tertiary/aromatic N) is 5. The van der Waals surface area contributed by atoms with Crippen LogP contribution in [0.15, 0.2) is 34.5 Å². The third kappa shape index (κ3) is 5.11. The highest BCUT2D eigenvalue weighted by Crippen LogP contribution is 2.51. The van der Waals surface area contributed by atoms with E-state index >= 15 is 8.78 Å². The van der Waals surface area contributed by atoms with Gasteiger partial charge in [-0.2, -0.15) is 0 Å². The Balaban J connectivity index is 1.22. The molecular formula is C19H21F2N7O9P2S. The van der Waals surface area contributed by atoms with Gasteiger partial charge in [0.05, 0.1) is 19.5 Å². The number of nitrogens with one attached hydrogen (secondary N) is 1. The fourth-order valence-electron chi connectivity index (χ4n) is 4.61. The van der Waals surface area contributed by atoms with Crippen molar-refractivity contribution in [2.45, 2.75) is 49.2 Å². The summed E-state index contributed by atoms with van der Waals surface area (Å²) in [6, 6.07) is 1.02. The lowest BCUT2D eigenvalue weighted by Crippen LogP contribution is -2.37. The summed E-state index contributed by atoms with van der Waals surface area (Å²) in [5.41, 5.74) is 4.69. The Morgan fingerprint density at radius 2 is 1.82 bits per heavy atom. The van der Waals surface area contributed by atoms with Gasteiger partial charge in [-0.25, -0.2) is 28.5 Å². The molecule has 0 radical (unpaired) electrons. The molecule has 3 aromatic heterocycles. The maximum Gasteiger partial charge on any atom is 0.330 e. The van der Waals surface area contributed by atoms with Crippen LogP contribution in [0.25, 0.3) is 11.2 Å². The summed E-state index contributed by atoms with van der Waals surface area (Å²) in [7, 11) is -0.750. The highest BCUT2D eigenvalue weighted by Gasteiger charge is 2.52. The summed E-state index contributed by atoms with van der Waals surface area (Å²) in [6.45, 7) is -5.00. The molecule has 0 amide bonds. The quantitative estimate of drug-likeness (QED) is 0.322. The molecule has 216 valence electrons. The van der Waals surface area contributed by atoms with Crippen molar-refractivity contribution >= 4 is 44.5 Å². The molecule has 0 bridgehead atoms. The van der Waals surface area contributed by atoms with Crippen molar-refractivity contribution < 1.29 is 41.2 Å². The number of hydrogen-bond donors (Lipinski definition) is 3. The average Bonchev–Trinajstić information content (AvgIpc) is 3.55. The number of alkyl halides is 2. The maximum atomic E-state index is 15.7. The van der Waals surface area contributed by atoms with Gasteiger partial charge in [-0.05, 0) is 11.8 Å². The molecule has 16 nitrogen and oxygen atoms in total. The Morgan fingerprint density at radius 1 is 1.10 bits per heavy atom. The van der Waals surface area contributed by atoms with E-state index in [2.05, 4.69) is 15.0 Å². The molecule has 6 heterocycles. The fraction of sp³-hybridized carbons (Fsp3) is 0.526. The standard InChI is InChI=1S/C19H21F2N7O9P2S/c20-10-13-8(35-18(10)28-6-25-12-15(22)23-5-24-16(12)28)4-33-39(31,40)37-14-7(3-32-38-36-13)34-17(11(14)21)27-2-1-9(29)26-19(27)30/h1-2,5-8,10-11,13-14,17-18,38H,3-4H2,(H,31,40)(H2,22,23,24)(H,26,29,30)/t7?,8?,10-,11?,13?,14-,17+,18+,39?/m0/s1. The number of aromatic nitrogens is 6. The van der Waals surface area contributed by atoms with Gasteiger partial charge in [0.15, 0.2) is 45.3 Å². The molecule has 21 heteroatoms. The molecule has 3 fully saturated rings. The van der Waals surface area contributed by atoms with Gasteiger partial charge in [-0.3, -0.25) is 23.4 Å². The SMILES string of the molecule is Nc1ncnc2c1ncn2[C@@H]1OC2COP(O)(=S)O[C@H]3C(COPOC2[C@@H]1F)O[C@@H](n1ccc(=O)[nH]c1=O)C3F. The minimum Gasteiger partial charge on any atom is -0.382 e. The largest absolute Gasteiger partial charge is 0.382 e. The lowest BCUT2D eigenvalue weighted by atomic mass is 10.1. The number of nitrogens with two attached hydrogens (primary N) is 1. The number of aromatic amines is 1. The van der Waals surface area contributed by atoms with Crippen LogP contribution in [0, 0.1) is 0 Å². The molecule has 3 aliphatic rings. The van der Waals surface area contributed by atoms with Crippen molar-refractivity contribution in [3.05, 3.63) is 45.8 Å². The van der Waals surface area contributed by atoms with Gasteiger partial charge >= 0.3 is 12.4 Å². The monoisotopic (exact) mass is 623 g/mol. The Kier molecular flexibility index (Phi) is 7.54. The maximum absolute atomic E-state index is 15.7. The summed E-state index contributed by atoms with van der Waals surface area (Å²) in [5, 5.41) is 0. The van der Waals surface area contributed by atoms with Gasteiger partial charge in [0, 0.05) is 12.3 Å². The predicted molar refractivity (Wildman–Crippen MR) is 135 cm³/mol. The minimum absolute atomic E-state index is 0.0998. The first-order chi connectivity index (χ1) is 19.1. The average molecular weight is 623 g/mol. The van der Waals surface area contributed by atoms with E-state index in [0.29, 0.717) is 0 Å². The zero-order valence-corrected chi connectivity index (χ0v) is 22.7. The van der Waals surface area contributed by atoms with E-state index in [4.69, 9.17) is 45.1 Å². The number of ether oxygens (including phenoxy) is 2. The lowest BCUT2D eigenvalue weighted by Gasteiger charge is -2.27. The van der Waals surface area contributed by atoms with Gasteiger partial charge in [0.1, 0.15) is 36.3 Å². The minimum atomic E-state index is -4.18. The molecule has 3 saturated heterocycles. The molecule has 0 aromatic carbocycles. The van der Waals surface area contributed by atoms with E-state index in [-0.39, 0.29) is 23.6 Å². The van der Waals surface area contributed by atoms with E-state index in [1.165, 1.54) is 17.2 Å². The van der Waals surface area contributed by atoms with Gasteiger partial charge in [-0.15, -0.1) is 0 Å². The molecule has 6 unspecified atom stereocenters. The number of nitrogen functional groups attached to an aromatic ring is 1. The summed E-state index contributed by atoms with van der Waals surface area (Å²) < 4.78 is 66.9. The van der Waals surface area contributed by atoms with E-state index in [9.17, 15) is 14.5 Å². The van der Waals surface area contributed by atoms with Crippen molar-refractivity contribution in [2.75, 3.05) is 18.9 Å². The van der Waals surface area contributed by atoms with Gasteiger partial charge < -0.3 is 33.7 Å². The molecule has 3 aromatic rings. The first kappa shape index (κ1) is 27.8. The number of imidazole rings is 1.